The Bertz CT molecular complexity index is 325. The Hall–Kier alpha value is -0.860. The normalized spacial score (nSPS) is 20.7. The van der Waals surface area contributed by atoms with Gasteiger partial charge >= 0.3 is 0 Å². The Morgan fingerprint density at radius 2 is 1.93 bits per heavy atom. The molecule has 1 saturated carbocycles. The van der Waals surface area contributed by atoms with Gasteiger partial charge in [0.25, 0.3) is 0 Å². The first kappa shape index (κ1) is 10.7. The molecule has 1 aromatic rings. The van der Waals surface area contributed by atoms with E-state index in [-0.39, 0.29) is 6.54 Å². The highest BCUT2D eigenvalue weighted by Gasteiger charge is 2.23. The van der Waals surface area contributed by atoms with Gasteiger partial charge in [0.1, 0.15) is 0 Å². The molecule has 0 saturated heterocycles. The maximum atomic E-state index is 9.97. The number of rotatable bonds is 3. The van der Waals surface area contributed by atoms with Crippen LogP contribution < -0.4 is 5.73 Å². The summed E-state index contributed by atoms with van der Waals surface area (Å²) in [5, 5.41) is 9.97. The van der Waals surface area contributed by atoms with Crippen molar-refractivity contribution in [1.29, 1.82) is 0 Å². The molecule has 1 aliphatic carbocycles. The van der Waals surface area contributed by atoms with Gasteiger partial charge in [0.05, 0.1) is 5.60 Å². The lowest BCUT2D eigenvalue weighted by Gasteiger charge is -2.27. The zero-order valence-corrected chi connectivity index (χ0v) is 9.24. The summed E-state index contributed by atoms with van der Waals surface area (Å²) in [5.74, 6) is 0.752. The third kappa shape index (κ3) is 2.06. The smallest absolute Gasteiger partial charge is 0.0990 e. The SMILES string of the molecule is CC(O)(CN)c1ccc(C2CCC2)cc1. The molecule has 1 aromatic carbocycles. The number of hydrogen-bond acceptors (Lipinski definition) is 2. The van der Waals surface area contributed by atoms with E-state index >= 15 is 0 Å². The predicted molar refractivity (Wildman–Crippen MR) is 61.7 cm³/mol. The molecule has 1 fully saturated rings. The molecule has 0 aliphatic heterocycles. The largest absolute Gasteiger partial charge is 0.384 e. The fourth-order valence-electron chi connectivity index (χ4n) is 1.97. The standard InChI is InChI=1S/C13H19NO/c1-13(15,9-14)12-7-5-11(6-8-12)10-3-2-4-10/h5-8,10,15H,2-4,9,14H2,1H3. The lowest BCUT2D eigenvalue weighted by Crippen LogP contribution is -2.31. The first-order valence-corrected chi connectivity index (χ1v) is 5.66. The number of aliphatic hydroxyl groups is 1. The Morgan fingerprint density at radius 3 is 2.33 bits per heavy atom. The fraction of sp³-hybridized carbons (Fsp3) is 0.538. The van der Waals surface area contributed by atoms with Gasteiger partial charge in [0, 0.05) is 6.54 Å². The highest BCUT2D eigenvalue weighted by atomic mass is 16.3. The summed E-state index contributed by atoms with van der Waals surface area (Å²) in [6.45, 7) is 2.02. The monoisotopic (exact) mass is 205 g/mol. The molecule has 82 valence electrons. The van der Waals surface area contributed by atoms with E-state index in [0.717, 1.165) is 11.5 Å². The number of hydrogen-bond donors (Lipinski definition) is 2. The number of nitrogens with two attached hydrogens (primary N) is 1. The second-order valence-electron chi connectivity index (χ2n) is 4.73. The molecule has 15 heavy (non-hydrogen) atoms. The molecule has 0 heterocycles. The molecule has 0 amide bonds. The van der Waals surface area contributed by atoms with Crippen molar-refractivity contribution in [3.8, 4) is 0 Å². The summed E-state index contributed by atoms with van der Waals surface area (Å²) >= 11 is 0. The summed E-state index contributed by atoms with van der Waals surface area (Å²) in [6.07, 6.45) is 3.98. The van der Waals surface area contributed by atoms with Gasteiger partial charge in [0.15, 0.2) is 0 Å². The Morgan fingerprint density at radius 1 is 1.33 bits per heavy atom. The van der Waals surface area contributed by atoms with Gasteiger partial charge in [-0.1, -0.05) is 30.7 Å². The third-order valence-corrected chi connectivity index (χ3v) is 3.51. The van der Waals surface area contributed by atoms with Crippen LogP contribution in [0.5, 0.6) is 0 Å². The Balaban J connectivity index is 2.16. The van der Waals surface area contributed by atoms with E-state index < -0.39 is 5.60 Å². The molecule has 1 aliphatic rings. The van der Waals surface area contributed by atoms with E-state index in [0.29, 0.717) is 0 Å². The second kappa shape index (κ2) is 3.95. The average Bonchev–Trinajstić information content (AvgIpc) is 2.16. The zero-order chi connectivity index (χ0) is 10.9. The van der Waals surface area contributed by atoms with Crippen LogP contribution in [-0.4, -0.2) is 11.7 Å². The van der Waals surface area contributed by atoms with E-state index in [4.69, 9.17) is 5.73 Å². The quantitative estimate of drug-likeness (QED) is 0.794. The molecule has 2 heteroatoms. The summed E-state index contributed by atoms with van der Waals surface area (Å²) in [5.41, 5.74) is 6.94. The molecule has 1 unspecified atom stereocenters. The van der Waals surface area contributed by atoms with E-state index in [1.807, 2.05) is 12.1 Å². The molecule has 0 bridgehead atoms. The lowest BCUT2D eigenvalue weighted by molar-refractivity contribution is 0.0668. The van der Waals surface area contributed by atoms with Crippen LogP contribution in [0.3, 0.4) is 0 Å². The van der Waals surface area contributed by atoms with E-state index in [2.05, 4.69) is 12.1 Å². The molecule has 1 atom stereocenters. The summed E-state index contributed by atoms with van der Waals surface area (Å²) < 4.78 is 0. The van der Waals surface area contributed by atoms with Gasteiger partial charge in [-0.3, -0.25) is 0 Å². The van der Waals surface area contributed by atoms with Crippen LogP contribution in [-0.2, 0) is 5.60 Å². The van der Waals surface area contributed by atoms with Crippen LogP contribution in [0.4, 0.5) is 0 Å². The highest BCUT2D eigenvalue weighted by molar-refractivity contribution is 5.29. The van der Waals surface area contributed by atoms with Crippen LogP contribution in [0, 0.1) is 0 Å². The Kier molecular flexibility index (Phi) is 2.81. The Labute approximate surface area is 91.1 Å². The zero-order valence-electron chi connectivity index (χ0n) is 9.24. The van der Waals surface area contributed by atoms with Crippen LogP contribution in [0.1, 0.15) is 43.2 Å². The third-order valence-electron chi connectivity index (χ3n) is 3.51. The molecular weight excluding hydrogens is 186 g/mol. The van der Waals surface area contributed by atoms with Crippen molar-refractivity contribution in [2.24, 2.45) is 5.73 Å². The molecule has 3 N–H and O–H groups in total. The maximum absolute atomic E-state index is 9.97. The summed E-state index contributed by atoms with van der Waals surface area (Å²) in [7, 11) is 0. The van der Waals surface area contributed by atoms with Crippen molar-refractivity contribution in [2.45, 2.75) is 37.7 Å². The highest BCUT2D eigenvalue weighted by Crippen LogP contribution is 2.36. The predicted octanol–water partition coefficient (Wildman–Crippen LogP) is 2.12. The van der Waals surface area contributed by atoms with Crippen LogP contribution in [0.15, 0.2) is 24.3 Å². The van der Waals surface area contributed by atoms with Crippen molar-refractivity contribution in [1.82, 2.24) is 0 Å². The molecule has 0 radical (unpaired) electrons. The first-order chi connectivity index (χ1) is 7.13. The van der Waals surface area contributed by atoms with Crippen LogP contribution >= 0.6 is 0 Å². The van der Waals surface area contributed by atoms with Gasteiger partial charge in [-0.05, 0) is 36.8 Å². The van der Waals surface area contributed by atoms with Crippen LogP contribution in [0.2, 0.25) is 0 Å². The first-order valence-electron chi connectivity index (χ1n) is 5.66. The van der Waals surface area contributed by atoms with E-state index in [9.17, 15) is 5.11 Å². The minimum atomic E-state index is -0.891. The summed E-state index contributed by atoms with van der Waals surface area (Å²) in [4.78, 5) is 0. The molecule has 2 rings (SSSR count). The minimum Gasteiger partial charge on any atom is -0.384 e. The van der Waals surface area contributed by atoms with Crippen LogP contribution in [0.25, 0.3) is 0 Å². The fourth-order valence-corrected chi connectivity index (χ4v) is 1.97. The van der Waals surface area contributed by atoms with Crippen molar-refractivity contribution in [2.75, 3.05) is 6.54 Å². The van der Waals surface area contributed by atoms with Gasteiger partial charge in [-0.25, -0.2) is 0 Å². The van der Waals surface area contributed by atoms with Crippen molar-refractivity contribution in [3.05, 3.63) is 35.4 Å². The molecule has 2 nitrogen and oxygen atoms in total. The second-order valence-corrected chi connectivity index (χ2v) is 4.73. The summed E-state index contributed by atoms with van der Waals surface area (Å²) in [6, 6.07) is 8.26. The molecular formula is C13H19NO. The average molecular weight is 205 g/mol. The van der Waals surface area contributed by atoms with Gasteiger partial charge in [-0.2, -0.15) is 0 Å². The topological polar surface area (TPSA) is 46.2 Å². The van der Waals surface area contributed by atoms with Gasteiger partial charge in [-0.15, -0.1) is 0 Å². The molecule has 0 aromatic heterocycles. The van der Waals surface area contributed by atoms with Crippen molar-refractivity contribution < 1.29 is 5.11 Å². The molecule has 0 spiro atoms. The maximum Gasteiger partial charge on any atom is 0.0990 e. The minimum absolute atomic E-state index is 0.260. The van der Waals surface area contributed by atoms with Gasteiger partial charge < -0.3 is 10.8 Å². The van der Waals surface area contributed by atoms with Crippen molar-refractivity contribution in [3.63, 3.8) is 0 Å². The van der Waals surface area contributed by atoms with Gasteiger partial charge in [0.2, 0.25) is 0 Å². The van der Waals surface area contributed by atoms with E-state index in [1.165, 1.54) is 24.8 Å². The van der Waals surface area contributed by atoms with Crippen molar-refractivity contribution >= 4 is 0 Å². The number of benzene rings is 1. The van der Waals surface area contributed by atoms with E-state index in [1.54, 1.807) is 6.92 Å². The lowest BCUT2D eigenvalue weighted by atomic mass is 9.79.